The maximum Gasteiger partial charge on any atom is 0.337 e. The number of carbonyl (C=O) groups is 1. The number of halogens is 1. The molecule has 4 heteroatoms. The van der Waals surface area contributed by atoms with Crippen LogP contribution in [0.15, 0.2) is 54.6 Å². The van der Waals surface area contributed by atoms with Gasteiger partial charge in [-0.2, -0.15) is 0 Å². The Bertz CT molecular complexity index is 813. The number of fused-ring (bicyclic) bond motifs is 3. The molecule has 1 N–H and O–H groups in total. The van der Waals surface area contributed by atoms with Crippen LogP contribution >= 0.6 is 0 Å². The van der Waals surface area contributed by atoms with Gasteiger partial charge in [-0.15, -0.1) is 0 Å². The summed E-state index contributed by atoms with van der Waals surface area (Å²) >= 11 is 0. The van der Waals surface area contributed by atoms with Crippen molar-refractivity contribution in [1.29, 1.82) is 0 Å². The Balaban J connectivity index is 1.74. The minimum absolute atomic E-state index is 0.127. The van der Waals surface area contributed by atoms with E-state index in [9.17, 15) is 9.18 Å². The van der Waals surface area contributed by atoms with Gasteiger partial charge in [0.05, 0.1) is 18.7 Å². The van der Waals surface area contributed by atoms with Gasteiger partial charge in [0.15, 0.2) is 0 Å². The zero-order valence-corrected chi connectivity index (χ0v) is 13.3. The van der Waals surface area contributed by atoms with E-state index in [1.54, 1.807) is 6.07 Å². The number of carbonyl (C=O) groups excluding carboxylic acids is 1. The molecule has 2 aliphatic rings. The van der Waals surface area contributed by atoms with Gasteiger partial charge >= 0.3 is 5.97 Å². The van der Waals surface area contributed by atoms with E-state index in [0.29, 0.717) is 11.5 Å². The summed E-state index contributed by atoms with van der Waals surface area (Å²) in [6.07, 6.45) is 5.36. The molecule has 1 heterocycles. The number of hydrogen-bond donors (Lipinski definition) is 1. The van der Waals surface area contributed by atoms with Crippen LogP contribution in [0.25, 0.3) is 0 Å². The number of hydrogen-bond acceptors (Lipinski definition) is 3. The van der Waals surface area contributed by atoms with Gasteiger partial charge in [0.1, 0.15) is 5.82 Å². The number of ether oxygens (including phenoxy) is 1. The zero-order chi connectivity index (χ0) is 16.7. The molecule has 0 aromatic heterocycles. The van der Waals surface area contributed by atoms with E-state index in [0.717, 1.165) is 23.2 Å². The number of allylic oxidation sites excluding steroid dienone is 2. The van der Waals surface area contributed by atoms with Gasteiger partial charge in [-0.3, -0.25) is 0 Å². The number of nitrogens with one attached hydrogen (secondary N) is 1. The van der Waals surface area contributed by atoms with E-state index in [4.69, 9.17) is 4.74 Å². The summed E-state index contributed by atoms with van der Waals surface area (Å²) < 4.78 is 18.1. The predicted octanol–water partition coefficient (Wildman–Crippen LogP) is 4.44. The monoisotopic (exact) mass is 323 g/mol. The second-order valence-corrected chi connectivity index (χ2v) is 6.32. The molecule has 0 amide bonds. The van der Waals surface area contributed by atoms with Crippen LogP contribution < -0.4 is 5.32 Å². The Morgan fingerprint density at radius 2 is 2.00 bits per heavy atom. The summed E-state index contributed by atoms with van der Waals surface area (Å²) in [5.41, 5.74) is 3.79. The third-order valence-corrected chi connectivity index (χ3v) is 5.01. The molecule has 1 aliphatic heterocycles. The molecule has 2 aromatic carbocycles. The van der Waals surface area contributed by atoms with Crippen LogP contribution in [0.2, 0.25) is 0 Å². The summed E-state index contributed by atoms with van der Waals surface area (Å²) in [5.74, 6) is 0.0625. The lowest BCUT2D eigenvalue weighted by Crippen LogP contribution is -2.29. The average Bonchev–Trinajstić information content (AvgIpc) is 3.11. The Morgan fingerprint density at radius 3 is 2.75 bits per heavy atom. The Kier molecular flexibility index (Phi) is 3.60. The third-order valence-electron chi connectivity index (χ3n) is 5.01. The number of esters is 1. The Morgan fingerprint density at radius 1 is 1.21 bits per heavy atom. The minimum Gasteiger partial charge on any atom is -0.465 e. The molecular formula is C20H18FNO2. The Hall–Kier alpha value is -2.62. The van der Waals surface area contributed by atoms with Gasteiger partial charge in [0.2, 0.25) is 0 Å². The molecule has 0 unspecified atom stereocenters. The van der Waals surface area contributed by atoms with Crippen LogP contribution in [0.4, 0.5) is 10.1 Å². The lowest BCUT2D eigenvalue weighted by molar-refractivity contribution is 0.0600. The summed E-state index contributed by atoms with van der Waals surface area (Å²) in [7, 11) is 1.39. The van der Waals surface area contributed by atoms with Crippen molar-refractivity contribution in [3.63, 3.8) is 0 Å². The van der Waals surface area contributed by atoms with Gasteiger partial charge in [-0.05, 0) is 53.8 Å². The number of benzene rings is 2. The zero-order valence-electron chi connectivity index (χ0n) is 13.3. The van der Waals surface area contributed by atoms with Crippen molar-refractivity contribution in [3.8, 4) is 0 Å². The molecule has 4 rings (SSSR count). The largest absolute Gasteiger partial charge is 0.465 e. The first kappa shape index (κ1) is 14.9. The first-order valence-corrected chi connectivity index (χ1v) is 8.08. The van der Waals surface area contributed by atoms with Crippen molar-refractivity contribution in [2.75, 3.05) is 12.4 Å². The third kappa shape index (κ3) is 2.39. The molecule has 122 valence electrons. The summed E-state index contributed by atoms with van der Waals surface area (Å²) in [6, 6.07) is 12.4. The van der Waals surface area contributed by atoms with Crippen molar-refractivity contribution < 1.29 is 13.9 Å². The van der Waals surface area contributed by atoms with Crippen LogP contribution in [0.3, 0.4) is 0 Å². The number of methoxy groups -OCH3 is 1. The van der Waals surface area contributed by atoms with Crippen LogP contribution in [-0.4, -0.2) is 13.1 Å². The molecule has 0 spiro atoms. The lowest BCUT2D eigenvalue weighted by Gasteiger charge is -2.37. The standard InChI is InChI=1S/C20H18FNO2/c1-24-20(23)13-7-10-18-17(11-13)15-3-2-4-16(15)19(22-18)12-5-8-14(21)9-6-12/h2-3,5-11,15-16,19,22H,4H2,1H3/t15-,16-,19-/m1/s1. The Labute approximate surface area is 140 Å². The maximum absolute atomic E-state index is 13.2. The predicted molar refractivity (Wildman–Crippen MR) is 90.5 cm³/mol. The van der Waals surface area contributed by atoms with Crippen LogP contribution in [0, 0.1) is 11.7 Å². The van der Waals surface area contributed by atoms with Gasteiger partial charge < -0.3 is 10.1 Å². The fraction of sp³-hybridized carbons (Fsp3) is 0.250. The molecule has 2 aromatic rings. The quantitative estimate of drug-likeness (QED) is 0.656. The number of rotatable bonds is 2. The maximum atomic E-state index is 13.2. The van der Waals surface area contributed by atoms with Crippen molar-refractivity contribution in [2.45, 2.75) is 18.4 Å². The van der Waals surface area contributed by atoms with E-state index in [-0.39, 0.29) is 23.7 Å². The molecule has 0 radical (unpaired) electrons. The molecule has 3 atom stereocenters. The minimum atomic E-state index is -0.322. The molecule has 1 aliphatic carbocycles. The summed E-state index contributed by atoms with van der Waals surface area (Å²) in [5, 5.41) is 3.57. The normalized spacial score (nSPS) is 24.0. The molecule has 0 saturated carbocycles. The van der Waals surface area contributed by atoms with Crippen molar-refractivity contribution in [1.82, 2.24) is 0 Å². The second-order valence-electron chi connectivity index (χ2n) is 6.32. The lowest BCUT2D eigenvalue weighted by atomic mass is 9.76. The molecule has 24 heavy (non-hydrogen) atoms. The van der Waals surface area contributed by atoms with Gasteiger partial charge in [0, 0.05) is 11.6 Å². The van der Waals surface area contributed by atoms with Gasteiger partial charge in [-0.25, -0.2) is 9.18 Å². The highest BCUT2D eigenvalue weighted by molar-refractivity contribution is 5.90. The van der Waals surface area contributed by atoms with Gasteiger partial charge in [0.25, 0.3) is 0 Å². The van der Waals surface area contributed by atoms with E-state index in [1.165, 1.54) is 19.2 Å². The van der Waals surface area contributed by atoms with Crippen LogP contribution in [0.5, 0.6) is 0 Å². The van der Waals surface area contributed by atoms with E-state index in [1.807, 2.05) is 24.3 Å². The number of anilines is 1. The van der Waals surface area contributed by atoms with E-state index >= 15 is 0 Å². The van der Waals surface area contributed by atoms with Crippen LogP contribution in [-0.2, 0) is 4.74 Å². The first-order chi connectivity index (χ1) is 11.7. The van der Waals surface area contributed by atoms with E-state index < -0.39 is 0 Å². The van der Waals surface area contributed by atoms with Crippen LogP contribution in [0.1, 0.15) is 39.9 Å². The smallest absolute Gasteiger partial charge is 0.337 e. The highest BCUT2D eigenvalue weighted by Gasteiger charge is 2.38. The van der Waals surface area contributed by atoms with Crippen molar-refractivity contribution in [3.05, 3.63) is 77.1 Å². The summed E-state index contributed by atoms with van der Waals surface area (Å²) in [6.45, 7) is 0. The highest BCUT2D eigenvalue weighted by Crippen LogP contribution is 2.49. The first-order valence-electron chi connectivity index (χ1n) is 8.08. The highest BCUT2D eigenvalue weighted by atomic mass is 19.1. The van der Waals surface area contributed by atoms with Gasteiger partial charge in [-0.1, -0.05) is 24.3 Å². The topological polar surface area (TPSA) is 38.3 Å². The molecule has 3 nitrogen and oxygen atoms in total. The molecule has 0 bridgehead atoms. The molecular weight excluding hydrogens is 305 g/mol. The average molecular weight is 323 g/mol. The fourth-order valence-corrected chi connectivity index (χ4v) is 3.84. The summed E-state index contributed by atoms with van der Waals surface area (Å²) in [4.78, 5) is 11.8. The second kappa shape index (κ2) is 5.78. The SMILES string of the molecule is COC(=O)c1ccc2c(c1)[C@@H]1C=CC[C@H]1[C@@H](c1ccc(F)cc1)N2. The van der Waals surface area contributed by atoms with Crippen molar-refractivity contribution >= 4 is 11.7 Å². The molecule has 0 saturated heterocycles. The van der Waals surface area contributed by atoms with E-state index in [2.05, 4.69) is 17.5 Å². The molecule has 0 fully saturated rings. The fourth-order valence-electron chi connectivity index (χ4n) is 3.84. The van der Waals surface area contributed by atoms with Crippen molar-refractivity contribution in [2.24, 2.45) is 5.92 Å².